The van der Waals surface area contributed by atoms with E-state index in [1.165, 1.54) is 5.69 Å². The summed E-state index contributed by atoms with van der Waals surface area (Å²) in [6, 6.07) is 18.6. The zero-order valence-electron chi connectivity index (χ0n) is 12.9. The lowest BCUT2D eigenvalue weighted by Crippen LogP contribution is -2.36. The van der Waals surface area contributed by atoms with Gasteiger partial charge in [-0.15, -0.1) is 0 Å². The summed E-state index contributed by atoms with van der Waals surface area (Å²) in [7, 11) is 1.95. The van der Waals surface area contributed by atoms with Crippen LogP contribution in [0.15, 0.2) is 59.7 Å². The fourth-order valence-corrected chi connectivity index (χ4v) is 2.46. The normalized spacial score (nSPS) is 15.2. The van der Waals surface area contributed by atoms with Gasteiger partial charge in [-0.25, -0.2) is 0 Å². The van der Waals surface area contributed by atoms with E-state index in [4.69, 9.17) is 4.74 Å². The maximum atomic E-state index is 5.38. The molecule has 1 fully saturated rings. The Bertz CT molecular complexity index is 604. The van der Waals surface area contributed by atoms with Crippen LogP contribution in [0.2, 0.25) is 0 Å². The predicted octanol–water partition coefficient (Wildman–Crippen LogP) is 2.99. The van der Waals surface area contributed by atoms with E-state index in [-0.39, 0.29) is 0 Å². The number of para-hydroxylation sites is 1. The molecule has 1 aliphatic rings. The van der Waals surface area contributed by atoms with Gasteiger partial charge in [0.1, 0.15) is 0 Å². The minimum absolute atomic E-state index is 0.811. The molecule has 22 heavy (non-hydrogen) atoms. The molecule has 0 saturated carbocycles. The smallest absolute Gasteiger partial charge is 0.0642 e. The SMILES string of the molecule is CN(/N=C/c1ccc(N2CCOCC2)cc1)c1ccccc1. The van der Waals surface area contributed by atoms with Crippen molar-refractivity contribution in [2.45, 2.75) is 0 Å². The van der Waals surface area contributed by atoms with Crippen LogP contribution < -0.4 is 9.91 Å². The number of benzene rings is 2. The van der Waals surface area contributed by atoms with Crippen LogP contribution in [0.25, 0.3) is 0 Å². The van der Waals surface area contributed by atoms with Crippen molar-refractivity contribution >= 4 is 17.6 Å². The first-order chi connectivity index (χ1) is 10.8. The number of hydrazone groups is 1. The lowest BCUT2D eigenvalue weighted by molar-refractivity contribution is 0.122. The summed E-state index contributed by atoms with van der Waals surface area (Å²) in [5.41, 5.74) is 3.42. The van der Waals surface area contributed by atoms with Gasteiger partial charge in [0, 0.05) is 25.8 Å². The minimum atomic E-state index is 0.811. The van der Waals surface area contributed by atoms with Crippen molar-refractivity contribution in [3.63, 3.8) is 0 Å². The predicted molar refractivity (Wildman–Crippen MR) is 91.9 cm³/mol. The molecule has 1 aliphatic heterocycles. The highest BCUT2D eigenvalue weighted by molar-refractivity contribution is 5.81. The second kappa shape index (κ2) is 7.09. The van der Waals surface area contributed by atoms with Gasteiger partial charge in [0.25, 0.3) is 0 Å². The van der Waals surface area contributed by atoms with Crippen molar-refractivity contribution in [3.8, 4) is 0 Å². The van der Waals surface area contributed by atoms with E-state index in [0.29, 0.717) is 0 Å². The number of rotatable bonds is 4. The Morgan fingerprint density at radius 3 is 2.36 bits per heavy atom. The van der Waals surface area contributed by atoms with Crippen LogP contribution >= 0.6 is 0 Å². The highest BCUT2D eigenvalue weighted by Gasteiger charge is 2.10. The standard InChI is InChI=1S/C18H21N3O/c1-20(17-5-3-2-4-6-17)19-15-16-7-9-18(10-8-16)21-11-13-22-14-12-21/h2-10,15H,11-14H2,1H3/b19-15+. The third-order valence-corrected chi connectivity index (χ3v) is 3.78. The second-order valence-corrected chi connectivity index (χ2v) is 5.29. The average Bonchev–Trinajstić information content (AvgIpc) is 2.61. The number of hydrogen-bond donors (Lipinski definition) is 0. The maximum Gasteiger partial charge on any atom is 0.0642 e. The first kappa shape index (κ1) is 14.6. The van der Waals surface area contributed by atoms with Crippen LogP contribution in [0.3, 0.4) is 0 Å². The van der Waals surface area contributed by atoms with E-state index in [1.807, 2.05) is 48.6 Å². The van der Waals surface area contributed by atoms with Crippen molar-refractivity contribution in [3.05, 3.63) is 60.2 Å². The third kappa shape index (κ3) is 3.65. The fraction of sp³-hybridized carbons (Fsp3) is 0.278. The van der Waals surface area contributed by atoms with Gasteiger partial charge in [-0.3, -0.25) is 5.01 Å². The zero-order chi connectivity index (χ0) is 15.2. The molecular weight excluding hydrogens is 274 g/mol. The Morgan fingerprint density at radius 2 is 1.68 bits per heavy atom. The molecule has 0 amide bonds. The molecule has 0 aliphatic carbocycles. The summed E-state index contributed by atoms with van der Waals surface area (Å²) in [4.78, 5) is 2.35. The van der Waals surface area contributed by atoms with Gasteiger partial charge in [-0.05, 0) is 29.8 Å². The molecule has 0 atom stereocenters. The largest absolute Gasteiger partial charge is 0.378 e. The molecule has 0 bridgehead atoms. The van der Waals surface area contributed by atoms with Crippen molar-refractivity contribution in [1.82, 2.24) is 0 Å². The summed E-state index contributed by atoms with van der Waals surface area (Å²) < 4.78 is 5.38. The molecule has 1 saturated heterocycles. The lowest BCUT2D eigenvalue weighted by Gasteiger charge is -2.28. The van der Waals surface area contributed by atoms with Crippen molar-refractivity contribution < 1.29 is 4.74 Å². The molecule has 0 spiro atoms. The van der Waals surface area contributed by atoms with Crippen molar-refractivity contribution in [2.24, 2.45) is 5.10 Å². The Balaban J connectivity index is 1.64. The van der Waals surface area contributed by atoms with Gasteiger partial charge in [-0.2, -0.15) is 5.10 Å². The Morgan fingerprint density at radius 1 is 1.00 bits per heavy atom. The summed E-state index contributed by atoms with van der Waals surface area (Å²) in [6.07, 6.45) is 1.89. The molecule has 3 rings (SSSR count). The van der Waals surface area contributed by atoms with Crippen LogP contribution in [-0.4, -0.2) is 39.6 Å². The molecule has 114 valence electrons. The van der Waals surface area contributed by atoms with Crippen molar-refractivity contribution in [2.75, 3.05) is 43.3 Å². The number of hydrogen-bond acceptors (Lipinski definition) is 4. The molecule has 0 N–H and O–H groups in total. The van der Waals surface area contributed by atoms with Crippen LogP contribution in [-0.2, 0) is 4.74 Å². The number of nitrogens with zero attached hydrogens (tertiary/aromatic N) is 3. The first-order valence-corrected chi connectivity index (χ1v) is 7.58. The second-order valence-electron chi connectivity index (χ2n) is 5.29. The summed E-state index contributed by atoms with van der Waals surface area (Å²) in [5.74, 6) is 0. The van der Waals surface area contributed by atoms with Gasteiger partial charge >= 0.3 is 0 Å². The lowest BCUT2D eigenvalue weighted by atomic mass is 10.2. The topological polar surface area (TPSA) is 28.1 Å². The fourth-order valence-electron chi connectivity index (χ4n) is 2.46. The number of anilines is 2. The molecule has 4 heteroatoms. The van der Waals surface area contributed by atoms with Crippen LogP contribution in [0.5, 0.6) is 0 Å². The summed E-state index contributed by atoms with van der Waals surface area (Å²) in [6.45, 7) is 3.55. The molecule has 2 aromatic carbocycles. The van der Waals surface area contributed by atoms with E-state index in [9.17, 15) is 0 Å². The molecule has 0 aromatic heterocycles. The first-order valence-electron chi connectivity index (χ1n) is 7.58. The van der Waals surface area contributed by atoms with Gasteiger partial charge in [-0.1, -0.05) is 30.3 Å². The molecule has 0 unspecified atom stereocenters. The van der Waals surface area contributed by atoms with Gasteiger partial charge in [0.05, 0.1) is 25.1 Å². The Hall–Kier alpha value is -2.33. The van der Waals surface area contributed by atoms with E-state index in [2.05, 4.69) is 34.3 Å². The minimum Gasteiger partial charge on any atom is -0.378 e. The number of morpholine rings is 1. The van der Waals surface area contributed by atoms with Gasteiger partial charge < -0.3 is 9.64 Å². The third-order valence-electron chi connectivity index (χ3n) is 3.78. The van der Waals surface area contributed by atoms with Gasteiger partial charge in [0.15, 0.2) is 0 Å². The van der Waals surface area contributed by atoms with E-state index in [0.717, 1.165) is 37.6 Å². The molecule has 1 heterocycles. The van der Waals surface area contributed by atoms with Gasteiger partial charge in [0.2, 0.25) is 0 Å². The molecular formula is C18H21N3O. The number of ether oxygens (including phenoxy) is 1. The Kier molecular flexibility index (Phi) is 4.71. The van der Waals surface area contributed by atoms with E-state index >= 15 is 0 Å². The zero-order valence-corrected chi connectivity index (χ0v) is 12.9. The maximum absolute atomic E-state index is 5.38. The summed E-state index contributed by atoms with van der Waals surface area (Å²) in [5, 5.41) is 6.35. The summed E-state index contributed by atoms with van der Waals surface area (Å²) >= 11 is 0. The molecule has 4 nitrogen and oxygen atoms in total. The quantitative estimate of drug-likeness (QED) is 0.641. The van der Waals surface area contributed by atoms with Crippen LogP contribution in [0.4, 0.5) is 11.4 Å². The monoisotopic (exact) mass is 295 g/mol. The van der Waals surface area contributed by atoms with Crippen LogP contribution in [0.1, 0.15) is 5.56 Å². The highest BCUT2D eigenvalue weighted by Crippen LogP contribution is 2.16. The molecule has 2 aromatic rings. The molecule has 0 radical (unpaired) electrons. The van der Waals surface area contributed by atoms with Crippen LogP contribution in [0, 0.1) is 0 Å². The highest BCUT2D eigenvalue weighted by atomic mass is 16.5. The van der Waals surface area contributed by atoms with E-state index in [1.54, 1.807) is 0 Å². The van der Waals surface area contributed by atoms with E-state index < -0.39 is 0 Å². The Labute approximate surface area is 131 Å². The average molecular weight is 295 g/mol. The van der Waals surface area contributed by atoms with Crippen molar-refractivity contribution in [1.29, 1.82) is 0 Å².